The summed E-state index contributed by atoms with van der Waals surface area (Å²) < 4.78 is 26.8. The van der Waals surface area contributed by atoms with E-state index in [2.05, 4.69) is 4.72 Å². The number of nitrogens with zero attached hydrogens (tertiary/aromatic N) is 1. The third kappa shape index (κ3) is 3.41. The van der Waals surface area contributed by atoms with Gasteiger partial charge >= 0.3 is 0 Å². The van der Waals surface area contributed by atoms with Gasteiger partial charge < -0.3 is 5.73 Å². The number of anilines is 1. The summed E-state index contributed by atoms with van der Waals surface area (Å²) in [5, 5.41) is 11.0. The Morgan fingerprint density at radius 1 is 1.50 bits per heavy atom. The molecule has 0 aliphatic carbocycles. The smallest absolute Gasteiger partial charge is 0.270 e. The molecule has 0 amide bonds. The van der Waals surface area contributed by atoms with Gasteiger partial charge in [0, 0.05) is 23.9 Å². The lowest BCUT2D eigenvalue weighted by Crippen LogP contribution is -2.30. The number of non-ortho nitro benzene ring substituents is 1. The molecule has 2 rings (SSSR count). The number of benzene rings is 1. The third-order valence-electron chi connectivity index (χ3n) is 3.02. The monoisotopic (exact) mass is 317 g/mol. The summed E-state index contributed by atoms with van der Waals surface area (Å²) in [6.07, 6.45) is 2.05. The van der Waals surface area contributed by atoms with E-state index in [1.54, 1.807) is 11.8 Å². The Kier molecular flexibility index (Phi) is 4.51. The van der Waals surface area contributed by atoms with E-state index in [-0.39, 0.29) is 21.5 Å². The molecule has 0 spiro atoms. The second-order valence-electron chi connectivity index (χ2n) is 4.47. The Morgan fingerprint density at radius 2 is 2.25 bits per heavy atom. The molecule has 3 N–H and O–H groups in total. The molecule has 110 valence electrons. The van der Waals surface area contributed by atoms with Crippen molar-refractivity contribution in [3.05, 3.63) is 28.3 Å². The SMILES string of the molecule is Nc1ccc([N+](=O)[O-])cc1S(=O)(=O)NCC1CCCS1. The maximum Gasteiger partial charge on any atom is 0.270 e. The molecule has 1 fully saturated rings. The quantitative estimate of drug-likeness (QED) is 0.481. The van der Waals surface area contributed by atoms with Crippen LogP contribution in [-0.2, 0) is 10.0 Å². The van der Waals surface area contributed by atoms with E-state index >= 15 is 0 Å². The number of nitro groups is 1. The molecule has 1 aliphatic heterocycles. The van der Waals surface area contributed by atoms with Crippen LogP contribution in [0.5, 0.6) is 0 Å². The lowest BCUT2D eigenvalue weighted by molar-refractivity contribution is -0.385. The van der Waals surface area contributed by atoms with Crippen LogP contribution in [0.15, 0.2) is 23.1 Å². The van der Waals surface area contributed by atoms with Crippen LogP contribution in [0.25, 0.3) is 0 Å². The molecule has 20 heavy (non-hydrogen) atoms. The molecule has 9 heteroatoms. The second-order valence-corrected chi connectivity index (χ2v) is 7.61. The van der Waals surface area contributed by atoms with Crippen molar-refractivity contribution in [1.29, 1.82) is 0 Å². The topological polar surface area (TPSA) is 115 Å². The Bertz CT molecular complexity index is 612. The van der Waals surface area contributed by atoms with Crippen LogP contribution in [0.3, 0.4) is 0 Å². The van der Waals surface area contributed by atoms with E-state index in [0.29, 0.717) is 6.54 Å². The predicted octanol–water partition coefficient (Wildman–Crippen LogP) is 1.35. The van der Waals surface area contributed by atoms with Gasteiger partial charge in [-0.25, -0.2) is 13.1 Å². The number of hydrogen-bond acceptors (Lipinski definition) is 6. The molecule has 1 saturated heterocycles. The number of nitrogen functional groups attached to an aromatic ring is 1. The molecule has 1 atom stereocenters. The van der Waals surface area contributed by atoms with Crippen molar-refractivity contribution in [3.63, 3.8) is 0 Å². The van der Waals surface area contributed by atoms with Crippen LogP contribution >= 0.6 is 11.8 Å². The molecule has 1 aromatic rings. The van der Waals surface area contributed by atoms with Crippen molar-refractivity contribution in [2.75, 3.05) is 18.0 Å². The molecule has 1 unspecified atom stereocenters. The van der Waals surface area contributed by atoms with Gasteiger partial charge in [-0.05, 0) is 24.7 Å². The molecule has 1 aliphatic rings. The fraction of sp³-hybridized carbons (Fsp3) is 0.455. The van der Waals surface area contributed by atoms with Gasteiger partial charge in [0.1, 0.15) is 4.90 Å². The Labute approximate surface area is 121 Å². The first kappa shape index (κ1) is 15.1. The molecule has 0 saturated carbocycles. The number of thioether (sulfide) groups is 1. The lowest BCUT2D eigenvalue weighted by Gasteiger charge is -2.12. The first-order valence-corrected chi connectivity index (χ1v) is 8.58. The molecule has 1 aromatic carbocycles. The molecular formula is C11H15N3O4S2. The number of nitro benzene ring substituents is 1. The molecule has 1 heterocycles. The fourth-order valence-corrected chi connectivity index (χ4v) is 4.49. The summed E-state index contributed by atoms with van der Waals surface area (Å²) in [5.74, 6) is 1.03. The van der Waals surface area contributed by atoms with E-state index < -0.39 is 14.9 Å². The van der Waals surface area contributed by atoms with Gasteiger partial charge in [-0.2, -0.15) is 11.8 Å². The van der Waals surface area contributed by atoms with Crippen LogP contribution in [0.2, 0.25) is 0 Å². The van der Waals surface area contributed by atoms with Crippen LogP contribution in [0.4, 0.5) is 11.4 Å². The zero-order valence-electron chi connectivity index (χ0n) is 10.6. The normalized spacial score (nSPS) is 19.1. The van der Waals surface area contributed by atoms with E-state index in [1.807, 2.05) is 0 Å². The molecule has 7 nitrogen and oxygen atoms in total. The number of nitrogens with two attached hydrogens (primary N) is 1. The van der Waals surface area contributed by atoms with Crippen molar-refractivity contribution in [3.8, 4) is 0 Å². The highest BCUT2D eigenvalue weighted by molar-refractivity contribution is 8.00. The molecular weight excluding hydrogens is 302 g/mol. The average molecular weight is 317 g/mol. The number of sulfonamides is 1. The zero-order valence-corrected chi connectivity index (χ0v) is 12.2. The van der Waals surface area contributed by atoms with Gasteiger partial charge in [-0.1, -0.05) is 0 Å². The van der Waals surface area contributed by atoms with Crippen LogP contribution in [-0.4, -0.2) is 30.9 Å². The summed E-state index contributed by atoms with van der Waals surface area (Å²) in [4.78, 5) is 9.82. The largest absolute Gasteiger partial charge is 0.398 e. The first-order chi connectivity index (χ1) is 9.40. The second kappa shape index (κ2) is 5.98. The van der Waals surface area contributed by atoms with Gasteiger partial charge in [-0.15, -0.1) is 0 Å². The molecule has 0 bridgehead atoms. The van der Waals surface area contributed by atoms with Crippen molar-refractivity contribution in [2.24, 2.45) is 0 Å². The fourth-order valence-electron chi connectivity index (χ4n) is 1.96. The zero-order chi connectivity index (χ0) is 14.8. The summed E-state index contributed by atoms with van der Waals surface area (Å²) in [7, 11) is -3.83. The Hall–Kier alpha value is -1.32. The number of nitrogens with one attached hydrogen (secondary N) is 1. The van der Waals surface area contributed by atoms with Crippen molar-refractivity contribution < 1.29 is 13.3 Å². The lowest BCUT2D eigenvalue weighted by atomic mass is 10.2. The summed E-state index contributed by atoms with van der Waals surface area (Å²) in [6.45, 7) is 0.315. The van der Waals surface area contributed by atoms with Crippen LogP contribution in [0.1, 0.15) is 12.8 Å². The van der Waals surface area contributed by atoms with Gasteiger partial charge in [0.15, 0.2) is 0 Å². The number of hydrogen-bond donors (Lipinski definition) is 2. The summed E-state index contributed by atoms with van der Waals surface area (Å²) >= 11 is 1.72. The highest BCUT2D eigenvalue weighted by Crippen LogP contribution is 2.27. The van der Waals surface area contributed by atoms with Gasteiger partial charge in [-0.3, -0.25) is 10.1 Å². The first-order valence-electron chi connectivity index (χ1n) is 6.05. The van der Waals surface area contributed by atoms with E-state index in [9.17, 15) is 18.5 Å². The molecule has 0 radical (unpaired) electrons. The highest BCUT2D eigenvalue weighted by atomic mass is 32.2. The van der Waals surface area contributed by atoms with Gasteiger partial charge in [0.25, 0.3) is 5.69 Å². The van der Waals surface area contributed by atoms with E-state index in [0.717, 1.165) is 24.7 Å². The average Bonchev–Trinajstić information content (AvgIpc) is 2.89. The highest BCUT2D eigenvalue weighted by Gasteiger charge is 2.23. The minimum atomic E-state index is -3.83. The Balaban J connectivity index is 2.19. The van der Waals surface area contributed by atoms with E-state index in [4.69, 9.17) is 5.73 Å². The predicted molar refractivity (Wildman–Crippen MR) is 78.2 cm³/mol. The summed E-state index contributed by atoms with van der Waals surface area (Å²) in [6, 6.07) is 3.40. The van der Waals surface area contributed by atoms with Crippen molar-refractivity contribution in [2.45, 2.75) is 23.0 Å². The standard InChI is InChI=1S/C11H15N3O4S2/c12-10-4-3-8(14(15)16)6-11(10)20(17,18)13-7-9-2-1-5-19-9/h3-4,6,9,13H,1-2,5,7,12H2. The Morgan fingerprint density at radius 3 is 2.85 bits per heavy atom. The maximum atomic E-state index is 12.2. The van der Waals surface area contributed by atoms with Crippen molar-refractivity contribution >= 4 is 33.2 Å². The minimum absolute atomic E-state index is 0.00201. The minimum Gasteiger partial charge on any atom is -0.398 e. The van der Waals surface area contributed by atoms with Gasteiger partial charge in [0.2, 0.25) is 10.0 Å². The van der Waals surface area contributed by atoms with Crippen LogP contribution < -0.4 is 10.5 Å². The number of rotatable bonds is 5. The maximum absolute atomic E-state index is 12.2. The van der Waals surface area contributed by atoms with E-state index in [1.165, 1.54) is 12.1 Å². The van der Waals surface area contributed by atoms with Crippen molar-refractivity contribution in [1.82, 2.24) is 4.72 Å². The summed E-state index contributed by atoms with van der Waals surface area (Å²) in [5.41, 5.74) is 5.32. The third-order valence-corrected chi connectivity index (χ3v) is 5.90. The van der Waals surface area contributed by atoms with Gasteiger partial charge in [0.05, 0.1) is 10.6 Å². The van der Waals surface area contributed by atoms with Crippen LogP contribution in [0, 0.1) is 10.1 Å². The molecule has 0 aromatic heterocycles.